The second-order valence-electron chi connectivity index (χ2n) is 17.7. The Balaban J connectivity index is 1.04. The third-order valence-electron chi connectivity index (χ3n) is 14.0. The number of para-hydroxylation sites is 2. The zero-order valence-electron chi connectivity index (χ0n) is 36.9. The number of fused-ring (bicyclic) bond motifs is 14. The molecule has 0 spiro atoms. The van der Waals surface area contributed by atoms with E-state index in [0.29, 0.717) is 0 Å². The zero-order valence-corrected chi connectivity index (χ0v) is 36.9. The zero-order chi connectivity index (χ0) is 44.7. The van der Waals surface area contributed by atoms with Gasteiger partial charge in [0.05, 0.1) is 33.1 Å². The first-order chi connectivity index (χ1) is 33.7. The van der Waals surface area contributed by atoms with E-state index in [0.717, 1.165) is 83.1 Å². The molecular weight excluding hydrogens is 825 g/mol. The number of pyridine rings is 2. The maximum Gasteiger partial charge on any atom is 0.0963 e. The quantitative estimate of drug-likeness (QED) is 0.173. The summed E-state index contributed by atoms with van der Waals surface area (Å²) in [6.45, 7) is 0. The Hall–Kier alpha value is -9.12. The van der Waals surface area contributed by atoms with Gasteiger partial charge in [-0.3, -0.25) is 9.97 Å². The Bertz CT molecular complexity index is 3960. The van der Waals surface area contributed by atoms with Gasteiger partial charge < -0.3 is 9.13 Å². The van der Waals surface area contributed by atoms with Gasteiger partial charge in [-0.25, -0.2) is 0 Å². The Morgan fingerprint density at radius 3 is 1.15 bits per heavy atom. The van der Waals surface area contributed by atoms with E-state index in [1.165, 1.54) is 50.1 Å². The number of hydrogen-bond acceptors (Lipinski definition) is 2. The molecule has 4 nitrogen and oxygen atoms in total. The molecule has 14 rings (SSSR count). The van der Waals surface area contributed by atoms with Crippen LogP contribution in [-0.4, -0.2) is 19.1 Å². The van der Waals surface area contributed by atoms with Crippen LogP contribution in [0.5, 0.6) is 0 Å². The molecule has 4 heteroatoms. The van der Waals surface area contributed by atoms with Gasteiger partial charge >= 0.3 is 0 Å². The van der Waals surface area contributed by atoms with E-state index in [1.807, 2.05) is 24.5 Å². The monoisotopic (exact) mass is 864 g/mol. The molecule has 68 heavy (non-hydrogen) atoms. The van der Waals surface area contributed by atoms with Crippen molar-refractivity contribution in [3.8, 4) is 89.3 Å². The summed E-state index contributed by atoms with van der Waals surface area (Å²) < 4.78 is 4.65. The molecule has 13 aromatic rings. The predicted molar refractivity (Wildman–Crippen MR) is 282 cm³/mol. The number of aromatic nitrogens is 4. The third kappa shape index (κ3) is 5.87. The maximum absolute atomic E-state index is 4.99. The smallest absolute Gasteiger partial charge is 0.0963 e. The molecule has 0 amide bonds. The Morgan fingerprint density at radius 2 is 0.647 bits per heavy atom. The Labute approximate surface area is 393 Å². The van der Waals surface area contributed by atoms with E-state index in [-0.39, 0.29) is 0 Å². The van der Waals surface area contributed by atoms with Crippen molar-refractivity contribution in [2.24, 2.45) is 0 Å². The molecule has 4 heterocycles. The number of benzene rings is 9. The Morgan fingerprint density at radius 1 is 0.250 bits per heavy atom. The van der Waals surface area contributed by atoms with Gasteiger partial charge in [-0.05, 0) is 169 Å². The molecule has 0 fully saturated rings. The fourth-order valence-electron chi connectivity index (χ4n) is 11.0. The molecular formula is C64H40N4. The van der Waals surface area contributed by atoms with Crippen LogP contribution in [0.4, 0.5) is 0 Å². The highest BCUT2D eigenvalue weighted by molar-refractivity contribution is 6.11. The topological polar surface area (TPSA) is 35.6 Å². The average molecular weight is 865 g/mol. The maximum atomic E-state index is 4.99. The van der Waals surface area contributed by atoms with Gasteiger partial charge in [-0.15, -0.1) is 0 Å². The fraction of sp³-hybridized carbons (Fsp3) is 0. The first-order valence-electron chi connectivity index (χ1n) is 23.2. The molecule has 0 saturated heterocycles. The van der Waals surface area contributed by atoms with Crippen LogP contribution in [-0.2, 0) is 0 Å². The molecule has 1 aliphatic rings. The van der Waals surface area contributed by atoms with Crippen molar-refractivity contribution < 1.29 is 0 Å². The summed E-state index contributed by atoms with van der Waals surface area (Å²) in [5.41, 5.74) is 25.3. The lowest BCUT2D eigenvalue weighted by atomic mass is 9.78. The van der Waals surface area contributed by atoms with E-state index in [9.17, 15) is 0 Å². The van der Waals surface area contributed by atoms with Crippen LogP contribution in [0.25, 0.3) is 133 Å². The molecule has 0 bridgehead atoms. The minimum atomic E-state index is 0.984. The van der Waals surface area contributed by atoms with Crippen LogP contribution in [0.15, 0.2) is 243 Å². The van der Waals surface area contributed by atoms with E-state index in [2.05, 4.69) is 228 Å². The van der Waals surface area contributed by atoms with Crippen molar-refractivity contribution in [2.45, 2.75) is 0 Å². The average Bonchev–Trinajstić information content (AvgIpc) is 3.93. The molecule has 1 aliphatic carbocycles. The van der Waals surface area contributed by atoms with Crippen molar-refractivity contribution in [2.75, 3.05) is 0 Å². The lowest BCUT2D eigenvalue weighted by Gasteiger charge is -2.25. The summed E-state index contributed by atoms with van der Waals surface area (Å²) in [5.74, 6) is 0. The van der Waals surface area contributed by atoms with Gasteiger partial charge in [-0.1, -0.05) is 140 Å². The summed E-state index contributed by atoms with van der Waals surface area (Å²) in [5, 5.41) is 2.23. The molecule has 0 atom stereocenters. The third-order valence-corrected chi connectivity index (χ3v) is 14.0. The van der Waals surface area contributed by atoms with Gasteiger partial charge in [0, 0.05) is 34.5 Å². The highest BCUT2D eigenvalue weighted by Crippen LogP contribution is 2.51. The summed E-state index contributed by atoms with van der Waals surface area (Å²) >= 11 is 0. The van der Waals surface area contributed by atoms with Crippen molar-refractivity contribution in [1.82, 2.24) is 19.1 Å². The van der Waals surface area contributed by atoms with Crippen molar-refractivity contribution in [3.63, 3.8) is 0 Å². The van der Waals surface area contributed by atoms with Crippen LogP contribution >= 0.6 is 0 Å². The second kappa shape index (κ2) is 15.2. The highest BCUT2D eigenvalue weighted by atomic mass is 15.0. The van der Waals surface area contributed by atoms with Gasteiger partial charge in [0.2, 0.25) is 0 Å². The summed E-state index contributed by atoms with van der Waals surface area (Å²) in [4.78, 5) is 9.98. The minimum Gasteiger partial charge on any atom is -0.308 e. The molecule has 0 N–H and O–H groups in total. The first kappa shape index (κ1) is 38.2. The second-order valence-corrected chi connectivity index (χ2v) is 17.7. The molecule has 0 saturated carbocycles. The lowest BCUT2D eigenvalue weighted by molar-refractivity contribution is 1.18. The van der Waals surface area contributed by atoms with Crippen molar-refractivity contribution in [3.05, 3.63) is 243 Å². The molecule has 0 aliphatic heterocycles. The largest absolute Gasteiger partial charge is 0.308 e. The number of hydrogen-bond donors (Lipinski definition) is 0. The molecule has 316 valence electrons. The summed E-state index contributed by atoms with van der Waals surface area (Å²) in [6.07, 6.45) is 3.81. The fourth-order valence-corrected chi connectivity index (χ4v) is 11.0. The van der Waals surface area contributed by atoms with Crippen LogP contribution in [0.1, 0.15) is 0 Å². The van der Waals surface area contributed by atoms with Gasteiger partial charge in [0.15, 0.2) is 0 Å². The highest BCUT2D eigenvalue weighted by Gasteiger charge is 2.25. The van der Waals surface area contributed by atoms with Crippen LogP contribution < -0.4 is 0 Å². The molecule has 0 radical (unpaired) electrons. The van der Waals surface area contributed by atoms with E-state index < -0.39 is 0 Å². The standard InChI is InChI=1S/C64H40N4/c1-3-16-46(17-4-1)67-58-32-30-41(39-56(58)63-60(67)28-14-34-65-63)43-36-44(42-31-33-59-57(40-42)64-61(29-15-35-66-64)68(59)47-18-5-2-6-19-47)38-45(37-43)48-26-13-27-55-53-23-10-9-22-51(53)49-20-7-8-21-50(49)52-24-11-12-25-54(52)62(48)55/h1-40H. The SMILES string of the molecule is c1ccc(-n2c3ccc(-c4cc(-c5ccc6c(c5)c5ncccc5n6-c5ccccc5)cc(-c5cccc6c5-c5ccccc5-c5ccccc5-c5ccccc5-6)c4)cc3c3ncccc32)cc1. The van der Waals surface area contributed by atoms with Crippen LogP contribution in [0, 0.1) is 0 Å². The van der Waals surface area contributed by atoms with Crippen molar-refractivity contribution in [1.29, 1.82) is 0 Å². The van der Waals surface area contributed by atoms with Gasteiger partial charge in [0.25, 0.3) is 0 Å². The van der Waals surface area contributed by atoms with Crippen LogP contribution in [0.3, 0.4) is 0 Å². The lowest BCUT2D eigenvalue weighted by Crippen LogP contribution is -1.99. The first-order valence-corrected chi connectivity index (χ1v) is 23.2. The normalized spacial score (nSPS) is 11.8. The van der Waals surface area contributed by atoms with E-state index >= 15 is 0 Å². The molecule has 4 aromatic heterocycles. The van der Waals surface area contributed by atoms with E-state index in [1.54, 1.807) is 0 Å². The van der Waals surface area contributed by atoms with Gasteiger partial charge in [-0.2, -0.15) is 0 Å². The number of nitrogens with zero attached hydrogens (tertiary/aromatic N) is 4. The Kier molecular flexibility index (Phi) is 8.55. The minimum absolute atomic E-state index is 0.984. The number of rotatable bonds is 5. The predicted octanol–water partition coefficient (Wildman–Crippen LogP) is 16.7. The molecule has 9 aromatic carbocycles. The van der Waals surface area contributed by atoms with Crippen molar-refractivity contribution >= 4 is 43.9 Å². The molecule has 0 unspecified atom stereocenters. The summed E-state index contributed by atoms with van der Waals surface area (Å²) in [6, 6.07) is 84.1. The van der Waals surface area contributed by atoms with E-state index in [4.69, 9.17) is 9.97 Å². The summed E-state index contributed by atoms with van der Waals surface area (Å²) in [7, 11) is 0. The van der Waals surface area contributed by atoms with Crippen LogP contribution in [0.2, 0.25) is 0 Å². The van der Waals surface area contributed by atoms with Gasteiger partial charge in [0.1, 0.15) is 0 Å².